The van der Waals surface area contributed by atoms with Crippen LogP contribution in [-0.4, -0.2) is 46.9 Å². The molecule has 0 N–H and O–H groups in total. The number of amides is 1. The van der Waals surface area contributed by atoms with Gasteiger partial charge in [0, 0.05) is 38.3 Å². The Morgan fingerprint density at radius 3 is 2.26 bits per heavy atom. The van der Waals surface area contributed by atoms with E-state index in [0.717, 1.165) is 53.9 Å². The van der Waals surface area contributed by atoms with Crippen molar-refractivity contribution in [3.8, 4) is 10.6 Å². The number of rotatable bonds is 4. The van der Waals surface area contributed by atoms with Crippen LogP contribution in [0.15, 0.2) is 60.7 Å². The summed E-state index contributed by atoms with van der Waals surface area (Å²) in [5, 5.41) is 0.916. The molecule has 5 heteroatoms. The number of carbonyl (C=O) groups is 1. The van der Waals surface area contributed by atoms with Crippen LogP contribution in [0.4, 0.5) is 0 Å². The second-order valence-corrected chi connectivity index (χ2v) is 7.85. The van der Waals surface area contributed by atoms with Gasteiger partial charge in [-0.05, 0) is 12.5 Å². The molecular weight excluding hydrogens is 354 g/mol. The molecule has 138 valence electrons. The van der Waals surface area contributed by atoms with Gasteiger partial charge in [0.05, 0.1) is 5.69 Å². The zero-order chi connectivity index (χ0) is 18.6. The number of carbonyl (C=O) groups excluding carboxylic acids is 1. The molecule has 1 aliphatic heterocycles. The van der Waals surface area contributed by atoms with Gasteiger partial charge in [-0.15, -0.1) is 11.3 Å². The molecule has 4 rings (SSSR count). The Bertz CT molecular complexity index is 900. The topological polar surface area (TPSA) is 36.4 Å². The van der Waals surface area contributed by atoms with Crippen molar-refractivity contribution in [3.63, 3.8) is 0 Å². The van der Waals surface area contributed by atoms with Gasteiger partial charge in [-0.3, -0.25) is 9.69 Å². The largest absolute Gasteiger partial charge is 0.335 e. The lowest BCUT2D eigenvalue weighted by Crippen LogP contribution is -2.48. The molecule has 2 heterocycles. The monoisotopic (exact) mass is 377 g/mol. The average Bonchev–Trinajstić information content (AvgIpc) is 3.11. The van der Waals surface area contributed by atoms with Crippen molar-refractivity contribution in [1.82, 2.24) is 14.8 Å². The predicted molar refractivity (Wildman–Crippen MR) is 110 cm³/mol. The molecule has 1 aromatic heterocycles. The third kappa shape index (κ3) is 4.10. The third-order valence-electron chi connectivity index (χ3n) is 4.92. The molecule has 2 aromatic carbocycles. The van der Waals surface area contributed by atoms with Crippen LogP contribution in [0.1, 0.15) is 20.9 Å². The first kappa shape index (κ1) is 17.9. The lowest BCUT2D eigenvalue weighted by atomic mass is 10.2. The standard InChI is InChI=1S/C22H23N3OS/c1-17-20(27-21(23-17)19-10-6-3-7-11-19)22(26)25-14-12-24(13-15-25)16-18-8-4-2-5-9-18/h2-11H,12-16H2,1H3. The van der Waals surface area contributed by atoms with Crippen LogP contribution >= 0.6 is 11.3 Å². The first-order valence-corrected chi connectivity index (χ1v) is 10.1. The van der Waals surface area contributed by atoms with Crippen molar-refractivity contribution in [1.29, 1.82) is 0 Å². The number of benzene rings is 2. The zero-order valence-corrected chi connectivity index (χ0v) is 16.3. The van der Waals surface area contributed by atoms with Gasteiger partial charge in [0.1, 0.15) is 9.88 Å². The van der Waals surface area contributed by atoms with Crippen LogP contribution in [0.3, 0.4) is 0 Å². The van der Waals surface area contributed by atoms with E-state index in [0.29, 0.717) is 0 Å². The van der Waals surface area contributed by atoms with Gasteiger partial charge in [-0.25, -0.2) is 4.98 Å². The Morgan fingerprint density at radius 2 is 1.59 bits per heavy atom. The Kier molecular flexibility index (Phi) is 5.32. The van der Waals surface area contributed by atoms with Crippen LogP contribution in [0.5, 0.6) is 0 Å². The second kappa shape index (κ2) is 8.03. The first-order valence-electron chi connectivity index (χ1n) is 9.29. The maximum atomic E-state index is 13.0. The predicted octanol–water partition coefficient (Wildman–Crippen LogP) is 4.08. The average molecular weight is 378 g/mol. The van der Waals surface area contributed by atoms with Gasteiger partial charge in [0.15, 0.2) is 0 Å². The van der Waals surface area contributed by atoms with E-state index in [1.807, 2.05) is 48.2 Å². The third-order valence-corrected chi connectivity index (χ3v) is 6.11. The van der Waals surface area contributed by atoms with Crippen molar-refractivity contribution in [2.75, 3.05) is 26.2 Å². The Morgan fingerprint density at radius 1 is 0.963 bits per heavy atom. The number of hydrogen-bond donors (Lipinski definition) is 0. The number of piperazine rings is 1. The SMILES string of the molecule is Cc1nc(-c2ccccc2)sc1C(=O)N1CCN(Cc2ccccc2)CC1. The number of hydrogen-bond acceptors (Lipinski definition) is 4. The number of aryl methyl sites for hydroxylation is 1. The molecule has 0 bridgehead atoms. The minimum atomic E-state index is 0.117. The number of aromatic nitrogens is 1. The molecule has 0 radical (unpaired) electrons. The Balaban J connectivity index is 1.40. The van der Waals surface area contributed by atoms with Crippen molar-refractivity contribution in [3.05, 3.63) is 76.8 Å². The van der Waals surface area contributed by atoms with Gasteiger partial charge < -0.3 is 4.90 Å². The molecule has 0 atom stereocenters. The van der Waals surface area contributed by atoms with E-state index in [1.54, 1.807) is 0 Å². The molecule has 4 nitrogen and oxygen atoms in total. The normalized spacial score (nSPS) is 15.1. The molecule has 0 unspecified atom stereocenters. The summed E-state index contributed by atoms with van der Waals surface area (Å²) < 4.78 is 0. The molecule has 1 saturated heterocycles. The van der Waals surface area contributed by atoms with Crippen molar-refractivity contribution < 1.29 is 4.79 Å². The smallest absolute Gasteiger partial charge is 0.265 e. The summed E-state index contributed by atoms with van der Waals surface area (Å²) >= 11 is 1.50. The van der Waals surface area contributed by atoms with Crippen molar-refractivity contribution >= 4 is 17.2 Å². The summed E-state index contributed by atoms with van der Waals surface area (Å²) in [7, 11) is 0. The Hall–Kier alpha value is -2.50. The van der Waals surface area contributed by atoms with Crippen LogP contribution in [-0.2, 0) is 6.54 Å². The Labute approximate surface area is 164 Å². The quantitative estimate of drug-likeness (QED) is 0.687. The fraction of sp³-hybridized carbons (Fsp3) is 0.273. The molecular formula is C22H23N3OS. The van der Waals surface area contributed by atoms with E-state index in [1.165, 1.54) is 16.9 Å². The lowest BCUT2D eigenvalue weighted by Gasteiger charge is -2.34. The summed E-state index contributed by atoms with van der Waals surface area (Å²) in [6.07, 6.45) is 0. The zero-order valence-electron chi connectivity index (χ0n) is 15.5. The fourth-order valence-corrected chi connectivity index (χ4v) is 4.43. The second-order valence-electron chi connectivity index (χ2n) is 6.85. The molecule has 1 aliphatic rings. The summed E-state index contributed by atoms with van der Waals surface area (Å²) in [4.78, 5) is 22.8. The maximum absolute atomic E-state index is 13.0. The lowest BCUT2D eigenvalue weighted by molar-refractivity contribution is 0.0632. The fourth-order valence-electron chi connectivity index (χ4n) is 3.39. The van der Waals surface area contributed by atoms with Crippen LogP contribution < -0.4 is 0 Å². The molecule has 1 fully saturated rings. The molecule has 3 aromatic rings. The number of thiazole rings is 1. The van der Waals surface area contributed by atoms with Crippen LogP contribution in [0.2, 0.25) is 0 Å². The van der Waals surface area contributed by atoms with Crippen molar-refractivity contribution in [2.24, 2.45) is 0 Å². The van der Waals surface area contributed by atoms with E-state index in [-0.39, 0.29) is 5.91 Å². The minimum absolute atomic E-state index is 0.117. The van der Waals surface area contributed by atoms with Gasteiger partial charge in [-0.2, -0.15) is 0 Å². The highest BCUT2D eigenvalue weighted by Gasteiger charge is 2.25. The van der Waals surface area contributed by atoms with E-state index < -0.39 is 0 Å². The molecule has 27 heavy (non-hydrogen) atoms. The summed E-state index contributed by atoms with van der Waals surface area (Å²) in [6.45, 7) is 6.23. The highest BCUT2D eigenvalue weighted by Crippen LogP contribution is 2.29. The van der Waals surface area contributed by atoms with Crippen molar-refractivity contribution in [2.45, 2.75) is 13.5 Å². The summed E-state index contributed by atoms with van der Waals surface area (Å²) in [6, 6.07) is 20.6. The van der Waals surface area contributed by atoms with E-state index in [4.69, 9.17) is 0 Å². The van der Waals surface area contributed by atoms with E-state index in [9.17, 15) is 4.79 Å². The van der Waals surface area contributed by atoms with E-state index >= 15 is 0 Å². The van der Waals surface area contributed by atoms with Gasteiger partial charge in [0.2, 0.25) is 0 Å². The van der Waals surface area contributed by atoms with Crippen LogP contribution in [0.25, 0.3) is 10.6 Å². The highest BCUT2D eigenvalue weighted by atomic mass is 32.1. The van der Waals surface area contributed by atoms with Crippen LogP contribution in [0, 0.1) is 6.92 Å². The molecule has 0 spiro atoms. The molecule has 0 saturated carbocycles. The van der Waals surface area contributed by atoms with E-state index in [2.05, 4.69) is 34.1 Å². The molecule has 1 amide bonds. The summed E-state index contributed by atoms with van der Waals surface area (Å²) in [5.41, 5.74) is 3.22. The summed E-state index contributed by atoms with van der Waals surface area (Å²) in [5.74, 6) is 0.117. The van der Waals surface area contributed by atoms with Gasteiger partial charge >= 0.3 is 0 Å². The number of nitrogens with zero attached hydrogens (tertiary/aromatic N) is 3. The maximum Gasteiger partial charge on any atom is 0.265 e. The first-order chi connectivity index (χ1) is 13.2. The van der Waals surface area contributed by atoms with Gasteiger partial charge in [0.25, 0.3) is 5.91 Å². The molecule has 0 aliphatic carbocycles. The van der Waals surface area contributed by atoms with Gasteiger partial charge in [-0.1, -0.05) is 60.7 Å². The highest BCUT2D eigenvalue weighted by molar-refractivity contribution is 7.17. The minimum Gasteiger partial charge on any atom is -0.335 e.